The summed E-state index contributed by atoms with van der Waals surface area (Å²) >= 11 is 0. The first-order valence-corrected chi connectivity index (χ1v) is 14.9. The molecule has 1 aliphatic rings. The van der Waals surface area contributed by atoms with E-state index in [0.29, 0.717) is 16.5 Å². The Labute approximate surface area is 209 Å². The van der Waals surface area contributed by atoms with Crippen molar-refractivity contribution < 1.29 is 35.2 Å². The summed E-state index contributed by atoms with van der Waals surface area (Å²) in [6.07, 6.45) is -0.550. The normalized spacial score (nSPS) is 18.6. The van der Waals surface area contributed by atoms with Gasteiger partial charge in [0.2, 0.25) is 10.0 Å². The van der Waals surface area contributed by atoms with Gasteiger partial charge in [-0.2, -0.15) is 0 Å². The first kappa shape index (κ1) is 26.1. The lowest BCUT2D eigenvalue weighted by Crippen LogP contribution is -2.40. The second-order valence-electron chi connectivity index (χ2n) is 8.69. The van der Waals surface area contributed by atoms with Gasteiger partial charge in [-0.15, -0.1) is 0 Å². The van der Waals surface area contributed by atoms with E-state index in [4.69, 9.17) is 9.15 Å². The molecule has 0 spiro atoms. The fourth-order valence-corrected chi connectivity index (χ4v) is 6.28. The molecule has 1 amide bonds. The highest BCUT2D eigenvalue weighted by Crippen LogP contribution is 2.42. The predicted octanol–water partition coefficient (Wildman–Crippen LogP) is 3.26. The summed E-state index contributed by atoms with van der Waals surface area (Å²) in [5, 5.41) is 2.99. The summed E-state index contributed by atoms with van der Waals surface area (Å²) in [5.74, 6) is -1.11. The number of carbonyl (C=O) groups is 1. The third-order valence-corrected chi connectivity index (χ3v) is 9.06. The van der Waals surface area contributed by atoms with Crippen LogP contribution in [0.1, 0.15) is 35.9 Å². The number of fused-ring (bicyclic) bond motifs is 2. The summed E-state index contributed by atoms with van der Waals surface area (Å²) in [6.45, 7) is 3.02. The molecular formula is C24H27FN2O7S2. The lowest BCUT2D eigenvalue weighted by atomic mass is 10.0. The predicted molar refractivity (Wildman–Crippen MR) is 135 cm³/mol. The molecule has 2 heterocycles. The van der Waals surface area contributed by atoms with Crippen molar-refractivity contribution in [1.29, 1.82) is 0 Å². The standard InChI is InChI=1S/C24H27FN2O7S2/c1-5-36(31,32)13-17-12-27(35(4,29)30)20-11-21-19(10-18(20)14(2)33-17)22(24(28)26-3)23(34-21)15-6-8-16(25)9-7-15/h6-11,14,17H,5,12-13H2,1-4H3,(H,26,28)/t14-,17-/m0/s1. The van der Waals surface area contributed by atoms with E-state index >= 15 is 0 Å². The highest BCUT2D eigenvalue weighted by Gasteiger charge is 2.35. The Morgan fingerprint density at radius 3 is 2.42 bits per heavy atom. The van der Waals surface area contributed by atoms with Gasteiger partial charge in [0.1, 0.15) is 17.2 Å². The Bertz CT molecular complexity index is 1530. The number of hydrogen-bond donors (Lipinski definition) is 1. The van der Waals surface area contributed by atoms with Crippen molar-refractivity contribution in [2.45, 2.75) is 26.1 Å². The lowest BCUT2D eigenvalue weighted by molar-refractivity contribution is 0.0193. The van der Waals surface area contributed by atoms with Gasteiger partial charge in [-0.1, -0.05) is 6.92 Å². The largest absolute Gasteiger partial charge is 0.455 e. The summed E-state index contributed by atoms with van der Waals surface area (Å²) < 4.78 is 76.8. The Kier molecular flexibility index (Phi) is 6.88. The van der Waals surface area contributed by atoms with Crippen molar-refractivity contribution in [3.8, 4) is 11.3 Å². The maximum Gasteiger partial charge on any atom is 0.255 e. The number of benzene rings is 2. The van der Waals surface area contributed by atoms with Crippen molar-refractivity contribution in [2.75, 3.05) is 35.7 Å². The SMILES string of the molecule is CCS(=O)(=O)C[C@@H]1CN(S(C)(=O)=O)c2cc3oc(-c4ccc(F)cc4)c(C(=O)NC)c3cc2[C@H](C)O1. The van der Waals surface area contributed by atoms with E-state index in [9.17, 15) is 26.0 Å². The van der Waals surface area contributed by atoms with Crippen molar-refractivity contribution >= 4 is 42.4 Å². The second-order valence-corrected chi connectivity index (χ2v) is 13.0. The molecule has 0 unspecified atom stereocenters. The van der Waals surface area contributed by atoms with Gasteiger partial charge in [0.05, 0.1) is 42.0 Å². The second kappa shape index (κ2) is 9.49. The van der Waals surface area contributed by atoms with Gasteiger partial charge < -0.3 is 14.5 Å². The summed E-state index contributed by atoms with van der Waals surface area (Å²) in [4.78, 5) is 12.9. The molecule has 0 saturated heterocycles. The number of ether oxygens (including phenoxy) is 1. The molecule has 0 bridgehead atoms. The quantitative estimate of drug-likeness (QED) is 0.511. The maximum absolute atomic E-state index is 13.5. The van der Waals surface area contributed by atoms with E-state index in [-0.39, 0.29) is 40.6 Å². The fourth-order valence-electron chi connectivity index (χ4n) is 4.34. The number of carbonyl (C=O) groups excluding carboxylic acids is 1. The Morgan fingerprint density at radius 2 is 1.83 bits per heavy atom. The van der Waals surface area contributed by atoms with Crippen LogP contribution in [-0.4, -0.2) is 60.2 Å². The van der Waals surface area contributed by atoms with E-state index in [1.165, 1.54) is 44.3 Å². The number of sulfone groups is 1. The average molecular weight is 539 g/mol. The molecular weight excluding hydrogens is 511 g/mol. The molecule has 12 heteroatoms. The number of sulfonamides is 1. The number of furan rings is 1. The number of nitrogens with zero attached hydrogens (tertiary/aromatic N) is 1. The van der Waals surface area contributed by atoms with E-state index in [1.807, 2.05) is 0 Å². The van der Waals surface area contributed by atoms with Gasteiger partial charge in [-0.25, -0.2) is 21.2 Å². The van der Waals surface area contributed by atoms with Gasteiger partial charge in [0.15, 0.2) is 9.84 Å². The Balaban J connectivity index is 1.94. The van der Waals surface area contributed by atoms with Crippen LogP contribution in [0.4, 0.5) is 10.1 Å². The highest BCUT2D eigenvalue weighted by molar-refractivity contribution is 7.92. The highest BCUT2D eigenvalue weighted by atomic mass is 32.2. The minimum Gasteiger partial charge on any atom is -0.455 e. The minimum absolute atomic E-state index is 0.0956. The van der Waals surface area contributed by atoms with Crippen LogP contribution >= 0.6 is 0 Å². The van der Waals surface area contributed by atoms with Crippen LogP contribution in [0.3, 0.4) is 0 Å². The molecule has 1 aliphatic heterocycles. The molecule has 0 aliphatic carbocycles. The molecule has 0 fully saturated rings. The average Bonchev–Trinajstić information content (AvgIpc) is 3.12. The monoisotopic (exact) mass is 538 g/mol. The zero-order valence-electron chi connectivity index (χ0n) is 20.2. The van der Waals surface area contributed by atoms with Crippen molar-refractivity contribution in [2.24, 2.45) is 0 Å². The van der Waals surface area contributed by atoms with Crippen LogP contribution in [0.25, 0.3) is 22.3 Å². The van der Waals surface area contributed by atoms with Gasteiger partial charge in [0.25, 0.3) is 5.91 Å². The molecule has 1 aromatic heterocycles. The van der Waals surface area contributed by atoms with Gasteiger partial charge in [0, 0.05) is 35.4 Å². The summed E-state index contributed by atoms with van der Waals surface area (Å²) in [7, 11) is -5.82. The minimum atomic E-state index is -3.84. The van der Waals surface area contributed by atoms with Crippen molar-refractivity contribution in [3.63, 3.8) is 0 Å². The first-order chi connectivity index (χ1) is 16.8. The van der Waals surface area contributed by atoms with E-state index in [1.54, 1.807) is 13.0 Å². The number of rotatable bonds is 6. The first-order valence-electron chi connectivity index (χ1n) is 11.3. The topological polar surface area (TPSA) is 123 Å². The number of hydrogen-bond acceptors (Lipinski definition) is 7. The molecule has 1 N–H and O–H groups in total. The van der Waals surface area contributed by atoms with Crippen LogP contribution in [0.5, 0.6) is 0 Å². The van der Waals surface area contributed by atoms with Crippen LogP contribution in [0.15, 0.2) is 40.8 Å². The van der Waals surface area contributed by atoms with Crippen LogP contribution in [0, 0.1) is 5.82 Å². The third kappa shape index (κ3) is 4.97. The van der Waals surface area contributed by atoms with Gasteiger partial charge in [-0.3, -0.25) is 9.10 Å². The summed E-state index contributed by atoms with van der Waals surface area (Å²) in [6, 6.07) is 8.61. The van der Waals surface area contributed by atoms with Gasteiger partial charge in [-0.05, 0) is 37.3 Å². The van der Waals surface area contributed by atoms with Crippen molar-refractivity contribution in [1.82, 2.24) is 5.32 Å². The van der Waals surface area contributed by atoms with E-state index in [0.717, 1.165) is 10.6 Å². The number of anilines is 1. The molecule has 4 rings (SSSR count). The zero-order chi connectivity index (χ0) is 26.4. The van der Waals surface area contributed by atoms with Gasteiger partial charge >= 0.3 is 0 Å². The lowest BCUT2D eigenvalue weighted by Gasteiger charge is -2.24. The molecule has 36 heavy (non-hydrogen) atoms. The van der Waals surface area contributed by atoms with Crippen LogP contribution in [-0.2, 0) is 24.6 Å². The molecule has 194 valence electrons. The van der Waals surface area contributed by atoms with E-state index < -0.39 is 43.8 Å². The summed E-state index contributed by atoms with van der Waals surface area (Å²) in [5.41, 5.74) is 1.65. The fraction of sp³-hybridized carbons (Fsp3) is 0.375. The zero-order valence-corrected chi connectivity index (χ0v) is 21.9. The van der Waals surface area contributed by atoms with Crippen LogP contribution in [0.2, 0.25) is 0 Å². The smallest absolute Gasteiger partial charge is 0.255 e. The third-order valence-electron chi connectivity index (χ3n) is 6.15. The molecule has 2 atom stereocenters. The Hall–Kier alpha value is -2.96. The number of halogens is 1. The molecule has 9 nitrogen and oxygen atoms in total. The van der Waals surface area contributed by atoms with Crippen molar-refractivity contribution in [3.05, 3.63) is 53.3 Å². The van der Waals surface area contributed by atoms with Crippen LogP contribution < -0.4 is 9.62 Å². The molecule has 0 radical (unpaired) electrons. The number of nitrogens with one attached hydrogen (secondary N) is 1. The van der Waals surface area contributed by atoms with E-state index in [2.05, 4.69) is 5.32 Å². The maximum atomic E-state index is 13.5. The Morgan fingerprint density at radius 1 is 1.17 bits per heavy atom. The number of amides is 1. The molecule has 2 aromatic carbocycles. The molecule has 3 aromatic rings. The molecule has 0 saturated carbocycles.